The summed E-state index contributed by atoms with van der Waals surface area (Å²) in [6, 6.07) is 4.02. The number of rotatable bonds is 1. The summed E-state index contributed by atoms with van der Waals surface area (Å²) in [5, 5.41) is 0. The molecule has 3 nitrogen and oxygen atoms in total. The second-order valence-corrected chi connectivity index (χ2v) is 3.08. The topological polar surface area (TPSA) is 30.7 Å². The lowest BCUT2D eigenvalue weighted by Crippen LogP contribution is -1.91. The third-order valence-electron chi connectivity index (χ3n) is 1.91. The minimum atomic E-state index is 1.01. The largest absolute Gasteiger partial charge is 0.304 e. The van der Waals surface area contributed by atoms with Gasteiger partial charge in [0.2, 0.25) is 0 Å². The van der Waals surface area contributed by atoms with Crippen molar-refractivity contribution in [2.75, 3.05) is 0 Å². The van der Waals surface area contributed by atoms with Gasteiger partial charge in [0.1, 0.15) is 0 Å². The van der Waals surface area contributed by atoms with E-state index < -0.39 is 0 Å². The summed E-state index contributed by atoms with van der Waals surface area (Å²) in [5.41, 5.74) is 3.09. The smallest absolute Gasteiger partial charge is 0.0995 e. The summed E-state index contributed by atoms with van der Waals surface area (Å²) in [6.07, 6.45) is 5.62. The Bertz CT molecular complexity index is 400. The van der Waals surface area contributed by atoms with Crippen molar-refractivity contribution in [2.45, 2.75) is 13.8 Å². The van der Waals surface area contributed by atoms with Crippen LogP contribution in [0.4, 0.5) is 0 Å². The Labute approximate surface area is 77.1 Å². The Morgan fingerprint density at radius 3 is 2.46 bits per heavy atom. The van der Waals surface area contributed by atoms with E-state index in [4.69, 9.17) is 0 Å². The highest BCUT2D eigenvalue weighted by Gasteiger charge is 1.96. The fraction of sp³-hybridized carbons (Fsp3) is 0.200. The Kier molecular flexibility index (Phi) is 1.85. The number of imidazole rings is 1. The Morgan fingerprint density at radius 2 is 1.92 bits per heavy atom. The normalized spacial score (nSPS) is 10.3. The van der Waals surface area contributed by atoms with Crippen LogP contribution in [0.25, 0.3) is 5.69 Å². The van der Waals surface area contributed by atoms with Gasteiger partial charge in [-0.1, -0.05) is 0 Å². The average molecular weight is 173 g/mol. The summed E-state index contributed by atoms with van der Waals surface area (Å²) in [6.45, 7) is 3.95. The van der Waals surface area contributed by atoms with Crippen LogP contribution in [0.2, 0.25) is 0 Å². The molecule has 0 radical (unpaired) electrons. The fourth-order valence-corrected chi connectivity index (χ4v) is 1.18. The van der Waals surface area contributed by atoms with Crippen molar-refractivity contribution < 1.29 is 0 Å². The van der Waals surface area contributed by atoms with Crippen molar-refractivity contribution in [3.8, 4) is 5.69 Å². The molecule has 3 heteroatoms. The lowest BCUT2D eigenvalue weighted by atomic mass is 10.3. The minimum absolute atomic E-state index is 1.01. The standard InChI is InChI=1S/C10H11N3/c1-8-3-4-10(5-11-8)13-6-9(2)12-7-13/h3-7H,1-2H3. The number of hydrogen-bond acceptors (Lipinski definition) is 2. The molecule has 0 aliphatic carbocycles. The summed E-state index contributed by atoms with van der Waals surface area (Å²) >= 11 is 0. The summed E-state index contributed by atoms with van der Waals surface area (Å²) in [7, 11) is 0. The van der Waals surface area contributed by atoms with E-state index >= 15 is 0 Å². The summed E-state index contributed by atoms with van der Waals surface area (Å²) < 4.78 is 1.96. The molecule has 0 spiro atoms. The van der Waals surface area contributed by atoms with Gasteiger partial charge in [-0.05, 0) is 26.0 Å². The highest BCUT2D eigenvalue weighted by Crippen LogP contribution is 2.06. The third kappa shape index (κ3) is 1.59. The van der Waals surface area contributed by atoms with Crippen molar-refractivity contribution in [3.63, 3.8) is 0 Å². The molecule has 2 aromatic heterocycles. The van der Waals surface area contributed by atoms with Crippen LogP contribution in [-0.4, -0.2) is 14.5 Å². The fourth-order valence-electron chi connectivity index (χ4n) is 1.18. The van der Waals surface area contributed by atoms with Crippen molar-refractivity contribution in [2.24, 2.45) is 0 Å². The molecule has 0 unspecified atom stereocenters. The van der Waals surface area contributed by atoms with Crippen molar-refractivity contribution >= 4 is 0 Å². The molecule has 0 N–H and O–H groups in total. The molecule has 0 atom stereocenters. The van der Waals surface area contributed by atoms with Crippen LogP contribution in [0.15, 0.2) is 30.9 Å². The molecular weight excluding hydrogens is 162 g/mol. The Hall–Kier alpha value is -1.64. The lowest BCUT2D eigenvalue weighted by Gasteiger charge is -2.00. The van der Waals surface area contributed by atoms with Crippen LogP contribution in [0, 0.1) is 13.8 Å². The highest BCUT2D eigenvalue weighted by atomic mass is 15.0. The van der Waals surface area contributed by atoms with Crippen LogP contribution in [0.3, 0.4) is 0 Å². The molecule has 66 valence electrons. The first kappa shape index (κ1) is 7.98. The first-order chi connectivity index (χ1) is 6.25. The quantitative estimate of drug-likeness (QED) is 0.659. The molecular formula is C10H11N3. The zero-order valence-electron chi connectivity index (χ0n) is 7.73. The van der Waals surface area contributed by atoms with Gasteiger partial charge in [-0.25, -0.2) is 4.98 Å². The molecule has 2 heterocycles. The van der Waals surface area contributed by atoms with E-state index in [0.717, 1.165) is 17.1 Å². The predicted octanol–water partition coefficient (Wildman–Crippen LogP) is 1.88. The number of aromatic nitrogens is 3. The molecule has 0 aliphatic heterocycles. The van der Waals surface area contributed by atoms with Gasteiger partial charge in [-0.15, -0.1) is 0 Å². The van der Waals surface area contributed by atoms with E-state index in [9.17, 15) is 0 Å². The number of aryl methyl sites for hydroxylation is 2. The average Bonchev–Trinajstić information content (AvgIpc) is 2.53. The second kappa shape index (κ2) is 3.01. The first-order valence-electron chi connectivity index (χ1n) is 4.19. The van der Waals surface area contributed by atoms with Gasteiger partial charge in [0, 0.05) is 11.9 Å². The minimum Gasteiger partial charge on any atom is -0.304 e. The van der Waals surface area contributed by atoms with Crippen molar-refractivity contribution in [1.29, 1.82) is 0 Å². The van der Waals surface area contributed by atoms with Crippen LogP contribution in [0.1, 0.15) is 11.4 Å². The second-order valence-electron chi connectivity index (χ2n) is 3.08. The molecule has 0 aliphatic rings. The maximum absolute atomic E-state index is 4.22. The van der Waals surface area contributed by atoms with E-state index in [2.05, 4.69) is 9.97 Å². The number of hydrogen-bond donors (Lipinski definition) is 0. The van der Waals surface area contributed by atoms with Gasteiger partial charge in [0.15, 0.2) is 0 Å². The van der Waals surface area contributed by atoms with Gasteiger partial charge >= 0.3 is 0 Å². The Balaban J connectivity index is 2.41. The van der Waals surface area contributed by atoms with Crippen LogP contribution in [-0.2, 0) is 0 Å². The molecule has 0 amide bonds. The van der Waals surface area contributed by atoms with E-state index in [0.29, 0.717) is 0 Å². The molecule has 2 aromatic rings. The summed E-state index contributed by atoms with van der Waals surface area (Å²) in [5.74, 6) is 0. The molecule has 0 fully saturated rings. The van der Waals surface area contributed by atoms with E-state index in [1.807, 2.05) is 42.9 Å². The van der Waals surface area contributed by atoms with Crippen molar-refractivity contribution in [1.82, 2.24) is 14.5 Å². The molecule has 0 aromatic carbocycles. The number of nitrogens with zero attached hydrogens (tertiary/aromatic N) is 3. The van der Waals surface area contributed by atoms with Gasteiger partial charge in [0.25, 0.3) is 0 Å². The number of pyridine rings is 1. The van der Waals surface area contributed by atoms with Crippen LogP contribution < -0.4 is 0 Å². The maximum atomic E-state index is 4.22. The lowest BCUT2D eigenvalue weighted by molar-refractivity contribution is 1.03. The molecule has 13 heavy (non-hydrogen) atoms. The molecule has 0 bridgehead atoms. The zero-order chi connectivity index (χ0) is 9.26. The van der Waals surface area contributed by atoms with E-state index in [1.165, 1.54) is 0 Å². The van der Waals surface area contributed by atoms with E-state index in [-0.39, 0.29) is 0 Å². The summed E-state index contributed by atoms with van der Waals surface area (Å²) in [4.78, 5) is 8.37. The van der Waals surface area contributed by atoms with Gasteiger partial charge in [0.05, 0.1) is 23.9 Å². The highest BCUT2D eigenvalue weighted by molar-refractivity contribution is 5.29. The van der Waals surface area contributed by atoms with Crippen LogP contribution in [0.5, 0.6) is 0 Å². The molecule has 2 rings (SSSR count). The van der Waals surface area contributed by atoms with Gasteiger partial charge in [-0.3, -0.25) is 4.98 Å². The van der Waals surface area contributed by atoms with E-state index in [1.54, 1.807) is 6.33 Å². The predicted molar refractivity (Wildman–Crippen MR) is 50.8 cm³/mol. The van der Waals surface area contributed by atoms with Crippen LogP contribution >= 0.6 is 0 Å². The van der Waals surface area contributed by atoms with Gasteiger partial charge < -0.3 is 4.57 Å². The molecule has 0 saturated carbocycles. The van der Waals surface area contributed by atoms with Gasteiger partial charge in [-0.2, -0.15) is 0 Å². The monoisotopic (exact) mass is 173 g/mol. The first-order valence-corrected chi connectivity index (χ1v) is 4.19. The van der Waals surface area contributed by atoms with Crippen molar-refractivity contribution in [3.05, 3.63) is 42.2 Å². The zero-order valence-corrected chi connectivity index (χ0v) is 7.73. The maximum Gasteiger partial charge on any atom is 0.0995 e. The molecule has 0 saturated heterocycles. The Morgan fingerprint density at radius 1 is 1.08 bits per heavy atom. The SMILES string of the molecule is Cc1ccc(-n2cnc(C)c2)cn1. The third-order valence-corrected chi connectivity index (χ3v) is 1.91.